The summed E-state index contributed by atoms with van der Waals surface area (Å²) in [7, 11) is 1.24. The molecule has 0 bridgehead atoms. The quantitative estimate of drug-likeness (QED) is 0.756. The van der Waals surface area contributed by atoms with Gasteiger partial charge in [0.1, 0.15) is 6.04 Å². The fourth-order valence-corrected chi connectivity index (χ4v) is 3.05. The predicted octanol–water partition coefficient (Wildman–Crippen LogP) is 1.09. The zero-order valence-corrected chi connectivity index (χ0v) is 9.47. The van der Waals surface area contributed by atoms with Crippen molar-refractivity contribution in [1.29, 1.82) is 0 Å². The highest BCUT2D eigenvalue weighted by Gasteiger charge is 2.55. The fraction of sp³-hybridized carbons (Fsp3) is 0.818. The van der Waals surface area contributed by atoms with Gasteiger partial charge in [0.25, 0.3) is 0 Å². The van der Waals surface area contributed by atoms with Crippen LogP contribution in [0.15, 0.2) is 0 Å². The van der Waals surface area contributed by atoms with E-state index in [1.807, 2.05) is 0 Å². The SMILES string of the molecule is COC(=O)NC(C(=O)O)C1C[C@@H]2C(C)[C@@H]2C1. The summed E-state index contributed by atoms with van der Waals surface area (Å²) in [5.41, 5.74) is 0. The zero-order valence-electron chi connectivity index (χ0n) is 9.47. The van der Waals surface area contributed by atoms with Crippen LogP contribution in [0.1, 0.15) is 19.8 Å². The summed E-state index contributed by atoms with van der Waals surface area (Å²) in [6.07, 6.45) is 1.15. The lowest BCUT2D eigenvalue weighted by Gasteiger charge is -2.21. The van der Waals surface area contributed by atoms with Gasteiger partial charge in [-0.05, 0) is 36.5 Å². The largest absolute Gasteiger partial charge is 0.480 e. The second-order valence-corrected chi connectivity index (χ2v) is 4.87. The monoisotopic (exact) mass is 227 g/mol. The Morgan fingerprint density at radius 1 is 1.38 bits per heavy atom. The van der Waals surface area contributed by atoms with Gasteiger partial charge in [0.05, 0.1) is 7.11 Å². The summed E-state index contributed by atoms with van der Waals surface area (Å²) < 4.78 is 4.44. The van der Waals surface area contributed by atoms with E-state index in [0.717, 1.165) is 18.8 Å². The lowest BCUT2D eigenvalue weighted by Crippen LogP contribution is -2.45. The van der Waals surface area contributed by atoms with Gasteiger partial charge in [0, 0.05) is 0 Å². The molecule has 5 nitrogen and oxygen atoms in total. The van der Waals surface area contributed by atoms with Gasteiger partial charge in [-0.3, -0.25) is 0 Å². The summed E-state index contributed by atoms with van der Waals surface area (Å²) in [6, 6.07) is -0.799. The van der Waals surface area contributed by atoms with Crippen LogP contribution in [0.3, 0.4) is 0 Å². The van der Waals surface area contributed by atoms with Crippen LogP contribution in [0.25, 0.3) is 0 Å². The number of carbonyl (C=O) groups excluding carboxylic acids is 1. The Morgan fingerprint density at radius 3 is 2.38 bits per heavy atom. The molecule has 3 unspecified atom stereocenters. The number of hydrogen-bond acceptors (Lipinski definition) is 3. The first-order valence-electron chi connectivity index (χ1n) is 5.62. The molecule has 2 rings (SSSR count). The maximum atomic E-state index is 11.1. The van der Waals surface area contributed by atoms with Crippen molar-refractivity contribution >= 4 is 12.1 Å². The van der Waals surface area contributed by atoms with E-state index < -0.39 is 18.1 Å². The molecule has 90 valence electrons. The van der Waals surface area contributed by atoms with E-state index in [1.165, 1.54) is 7.11 Å². The maximum Gasteiger partial charge on any atom is 0.407 e. The molecule has 5 atom stereocenters. The Balaban J connectivity index is 1.93. The number of carbonyl (C=O) groups is 2. The molecule has 0 aliphatic heterocycles. The van der Waals surface area contributed by atoms with Gasteiger partial charge in [-0.15, -0.1) is 0 Å². The highest BCUT2D eigenvalue weighted by atomic mass is 16.5. The number of alkyl carbamates (subject to hydrolysis) is 1. The molecule has 0 heterocycles. The van der Waals surface area contributed by atoms with Gasteiger partial charge in [0.15, 0.2) is 0 Å². The van der Waals surface area contributed by atoms with Crippen LogP contribution < -0.4 is 5.32 Å². The molecule has 1 amide bonds. The van der Waals surface area contributed by atoms with E-state index >= 15 is 0 Å². The van der Waals surface area contributed by atoms with Crippen LogP contribution in [-0.4, -0.2) is 30.3 Å². The summed E-state index contributed by atoms with van der Waals surface area (Å²) in [6.45, 7) is 2.20. The van der Waals surface area contributed by atoms with Crippen LogP contribution in [0.2, 0.25) is 0 Å². The van der Waals surface area contributed by atoms with Crippen molar-refractivity contribution < 1.29 is 19.4 Å². The van der Waals surface area contributed by atoms with Crippen LogP contribution >= 0.6 is 0 Å². The Kier molecular flexibility index (Phi) is 2.78. The number of carboxylic acid groups (broad SMARTS) is 1. The minimum absolute atomic E-state index is 0.0581. The molecule has 16 heavy (non-hydrogen) atoms. The second-order valence-electron chi connectivity index (χ2n) is 4.87. The topological polar surface area (TPSA) is 75.6 Å². The van der Waals surface area contributed by atoms with Crippen molar-refractivity contribution in [3.63, 3.8) is 0 Å². The Labute approximate surface area is 94.2 Å². The van der Waals surface area contributed by atoms with Crippen molar-refractivity contribution in [2.24, 2.45) is 23.7 Å². The number of fused-ring (bicyclic) bond motifs is 1. The summed E-state index contributed by atoms with van der Waals surface area (Å²) in [5, 5.41) is 11.5. The molecule has 0 saturated heterocycles. The Hall–Kier alpha value is -1.26. The number of ether oxygens (including phenoxy) is 1. The van der Waals surface area contributed by atoms with E-state index in [0.29, 0.717) is 11.8 Å². The molecule has 2 aliphatic rings. The summed E-state index contributed by atoms with van der Waals surface area (Å²) in [4.78, 5) is 22.1. The molecule has 0 aromatic rings. The molecule has 0 aromatic heterocycles. The van der Waals surface area contributed by atoms with Gasteiger partial charge < -0.3 is 15.2 Å². The van der Waals surface area contributed by atoms with Gasteiger partial charge in [-0.1, -0.05) is 6.92 Å². The summed E-state index contributed by atoms with van der Waals surface area (Å²) in [5.74, 6) is 1.17. The van der Waals surface area contributed by atoms with Crippen LogP contribution in [0, 0.1) is 23.7 Å². The first kappa shape index (κ1) is 11.2. The lowest BCUT2D eigenvalue weighted by molar-refractivity contribution is -0.140. The van der Waals surface area contributed by atoms with E-state index in [4.69, 9.17) is 5.11 Å². The average molecular weight is 227 g/mol. The fourth-order valence-electron chi connectivity index (χ4n) is 3.05. The molecule has 2 N–H and O–H groups in total. The summed E-state index contributed by atoms with van der Waals surface area (Å²) >= 11 is 0. The van der Waals surface area contributed by atoms with Crippen LogP contribution in [-0.2, 0) is 9.53 Å². The molecular weight excluding hydrogens is 210 g/mol. The normalized spacial score (nSPS) is 37.4. The van der Waals surface area contributed by atoms with Gasteiger partial charge >= 0.3 is 12.1 Å². The van der Waals surface area contributed by atoms with E-state index in [2.05, 4.69) is 17.0 Å². The molecule has 5 heteroatoms. The third kappa shape index (κ3) is 1.86. The second kappa shape index (κ2) is 3.96. The van der Waals surface area contributed by atoms with Gasteiger partial charge in [-0.2, -0.15) is 0 Å². The van der Waals surface area contributed by atoms with Crippen molar-refractivity contribution in [2.45, 2.75) is 25.8 Å². The number of hydrogen-bond donors (Lipinski definition) is 2. The molecule has 0 aromatic carbocycles. The first-order valence-corrected chi connectivity index (χ1v) is 5.62. The predicted molar refractivity (Wildman–Crippen MR) is 55.8 cm³/mol. The lowest BCUT2D eigenvalue weighted by atomic mass is 9.92. The van der Waals surface area contributed by atoms with E-state index in [9.17, 15) is 9.59 Å². The maximum absolute atomic E-state index is 11.1. The number of nitrogens with one attached hydrogen (secondary N) is 1. The average Bonchev–Trinajstić information content (AvgIpc) is 2.67. The van der Waals surface area contributed by atoms with E-state index in [1.54, 1.807) is 0 Å². The minimum Gasteiger partial charge on any atom is -0.480 e. The van der Waals surface area contributed by atoms with Crippen molar-refractivity contribution in [2.75, 3.05) is 7.11 Å². The molecule has 0 radical (unpaired) electrons. The number of rotatable bonds is 3. The van der Waals surface area contributed by atoms with Crippen molar-refractivity contribution in [3.8, 4) is 0 Å². The molecule has 2 aliphatic carbocycles. The molecule has 0 spiro atoms. The minimum atomic E-state index is -0.968. The van der Waals surface area contributed by atoms with Crippen LogP contribution in [0.4, 0.5) is 4.79 Å². The number of carboxylic acids is 1. The Bertz CT molecular complexity index is 305. The number of amides is 1. The van der Waals surface area contributed by atoms with Crippen molar-refractivity contribution in [3.05, 3.63) is 0 Å². The highest BCUT2D eigenvalue weighted by molar-refractivity contribution is 5.80. The molecule has 2 fully saturated rings. The van der Waals surface area contributed by atoms with Crippen molar-refractivity contribution in [1.82, 2.24) is 5.32 Å². The molecular formula is C11H17NO4. The first-order chi connectivity index (χ1) is 7.54. The van der Waals surface area contributed by atoms with Crippen LogP contribution in [0.5, 0.6) is 0 Å². The number of methoxy groups -OCH3 is 1. The third-order valence-corrected chi connectivity index (χ3v) is 4.11. The number of aliphatic carboxylic acids is 1. The van der Waals surface area contributed by atoms with E-state index in [-0.39, 0.29) is 5.92 Å². The zero-order chi connectivity index (χ0) is 11.9. The molecule has 2 saturated carbocycles. The Morgan fingerprint density at radius 2 is 1.94 bits per heavy atom. The third-order valence-electron chi connectivity index (χ3n) is 4.11. The van der Waals surface area contributed by atoms with Gasteiger partial charge in [0.2, 0.25) is 0 Å². The van der Waals surface area contributed by atoms with Gasteiger partial charge in [-0.25, -0.2) is 9.59 Å². The highest BCUT2D eigenvalue weighted by Crippen LogP contribution is 2.59. The smallest absolute Gasteiger partial charge is 0.407 e. The standard InChI is InChI=1S/C11H17NO4/c1-5-7-3-6(4-8(5)7)9(10(13)14)12-11(15)16-2/h5-9H,3-4H2,1-2H3,(H,12,15)(H,13,14)/t5?,6?,7-,8+,9?.